The first-order valence-corrected chi connectivity index (χ1v) is 5.66. The highest BCUT2D eigenvalue weighted by atomic mass is 16.3. The van der Waals surface area contributed by atoms with Crippen molar-refractivity contribution in [3.8, 4) is 0 Å². The van der Waals surface area contributed by atoms with Crippen molar-refractivity contribution in [2.24, 2.45) is 11.7 Å². The van der Waals surface area contributed by atoms with E-state index < -0.39 is 17.9 Å². The lowest BCUT2D eigenvalue weighted by molar-refractivity contribution is -0.125. The van der Waals surface area contributed by atoms with Gasteiger partial charge in [0.25, 0.3) is 0 Å². The summed E-state index contributed by atoms with van der Waals surface area (Å²) in [7, 11) is 0. The zero-order chi connectivity index (χ0) is 12.0. The van der Waals surface area contributed by atoms with Crippen molar-refractivity contribution in [2.75, 3.05) is 0 Å². The Morgan fingerprint density at radius 2 is 2.00 bits per heavy atom. The van der Waals surface area contributed by atoms with Crippen LogP contribution in [0, 0.1) is 5.92 Å². The molecule has 0 saturated heterocycles. The molecule has 0 saturated carbocycles. The van der Waals surface area contributed by atoms with Crippen LogP contribution in [-0.4, -0.2) is 17.1 Å². The largest absolute Gasteiger partial charge is 0.392 e. The molecule has 3 nitrogen and oxygen atoms in total. The Labute approximate surface area is 96.3 Å². The Balaban J connectivity index is 2.46. The molecule has 2 atom stereocenters. The first-order chi connectivity index (χ1) is 7.65. The molecular weight excluding hydrogens is 202 g/mol. The van der Waals surface area contributed by atoms with Gasteiger partial charge in [-0.25, -0.2) is 0 Å². The van der Waals surface area contributed by atoms with E-state index in [9.17, 15) is 9.90 Å². The van der Waals surface area contributed by atoms with Crippen LogP contribution in [0.5, 0.6) is 0 Å². The monoisotopic (exact) mass is 221 g/mol. The molecular formula is C13H19NO2. The maximum absolute atomic E-state index is 11.0. The molecule has 1 aromatic rings. The van der Waals surface area contributed by atoms with E-state index in [0.29, 0.717) is 12.8 Å². The number of rotatable bonds is 6. The number of primary amides is 1. The number of carbonyl (C=O) groups excluding carboxylic acids is 1. The van der Waals surface area contributed by atoms with Crippen molar-refractivity contribution in [2.45, 2.75) is 32.3 Å². The van der Waals surface area contributed by atoms with E-state index in [0.717, 1.165) is 6.42 Å². The Morgan fingerprint density at radius 3 is 2.50 bits per heavy atom. The fraction of sp³-hybridized carbons (Fsp3) is 0.462. The fourth-order valence-electron chi connectivity index (χ4n) is 1.82. The highest BCUT2D eigenvalue weighted by molar-refractivity contribution is 5.77. The Hall–Kier alpha value is -1.35. The normalized spacial score (nSPS) is 14.4. The molecule has 1 aromatic carbocycles. The Bertz CT molecular complexity index is 324. The molecule has 1 unspecified atom stereocenters. The summed E-state index contributed by atoms with van der Waals surface area (Å²) >= 11 is 0. The Morgan fingerprint density at radius 1 is 1.38 bits per heavy atom. The van der Waals surface area contributed by atoms with Crippen molar-refractivity contribution in [3.63, 3.8) is 0 Å². The van der Waals surface area contributed by atoms with Gasteiger partial charge in [-0.3, -0.25) is 4.79 Å². The van der Waals surface area contributed by atoms with E-state index >= 15 is 0 Å². The predicted molar refractivity (Wildman–Crippen MR) is 63.7 cm³/mol. The quantitative estimate of drug-likeness (QED) is 0.764. The number of aryl methyl sites for hydroxylation is 1. The second kappa shape index (κ2) is 6.28. The van der Waals surface area contributed by atoms with Gasteiger partial charge >= 0.3 is 0 Å². The lowest BCUT2D eigenvalue weighted by Crippen LogP contribution is -2.33. The molecule has 0 radical (unpaired) electrons. The summed E-state index contributed by atoms with van der Waals surface area (Å²) in [5.41, 5.74) is 6.39. The summed E-state index contributed by atoms with van der Waals surface area (Å²) in [5, 5.41) is 9.84. The smallest absolute Gasteiger partial charge is 0.223 e. The molecule has 0 fully saturated rings. The van der Waals surface area contributed by atoms with Crippen molar-refractivity contribution in [3.05, 3.63) is 35.9 Å². The highest BCUT2D eigenvalue weighted by Gasteiger charge is 2.22. The van der Waals surface area contributed by atoms with Crippen molar-refractivity contribution in [1.82, 2.24) is 0 Å². The molecule has 0 spiro atoms. The first-order valence-electron chi connectivity index (χ1n) is 5.66. The maximum Gasteiger partial charge on any atom is 0.223 e. The van der Waals surface area contributed by atoms with Gasteiger partial charge in [0.15, 0.2) is 0 Å². The summed E-state index contributed by atoms with van der Waals surface area (Å²) in [6, 6.07) is 9.91. The summed E-state index contributed by atoms with van der Waals surface area (Å²) in [5.74, 6) is -0.841. The van der Waals surface area contributed by atoms with Crippen molar-refractivity contribution in [1.29, 1.82) is 0 Å². The number of aliphatic hydroxyl groups is 1. The van der Waals surface area contributed by atoms with Gasteiger partial charge < -0.3 is 10.8 Å². The SMILES string of the molecule is CC[C@@H](C(N)=O)C(O)CCc1ccccc1. The van der Waals surface area contributed by atoms with Crippen LogP contribution in [-0.2, 0) is 11.2 Å². The number of benzene rings is 1. The van der Waals surface area contributed by atoms with E-state index in [1.165, 1.54) is 5.56 Å². The van der Waals surface area contributed by atoms with Crippen LogP contribution in [0.2, 0.25) is 0 Å². The second-order valence-corrected chi connectivity index (χ2v) is 4.01. The molecule has 0 aliphatic rings. The van der Waals surface area contributed by atoms with Gasteiger partial charge in [-0.1, -0.05) is 37.3 Å². The van der Waals surface area contributed by atoms with E-state index in [1.54, 1.807) is 0 Å². The standard InChI is InChI=1S/C13H19NO2/c1-2-11(13(14)16)12(15)9-8-10-6-4-3-5-7-10/h3-7,11-12,15H,2,8-9H2,1H3,(H2,14,16)/t11-,12?/m1/s1. The van der Waals surface area contributed by atoms with Gasteiger partial charge in [0.1, 0.15) is 0 Å². The van der Waals surface area contributed by atoms with Crippen LogP contribution in [0.1, 0.15) is 25.3 Å². The van der Waals surface area contributed by atoms with Gasteiger partial charge in [-0.15, -0.1) is 0 Å². The molecule has 16 heavy (non-hydrogen) atoms. The molecule has 1 rings (SSSR count). The third-order valence-corrected chi connectivity index (χ3v) is 2.84. The number of aliphatic hydroxyl groups excluding tert-OH is 1. The van der Waals surface area contributed by atoms with E-state index in [-0.39, 0.29) is 0 Å². The topological polar surface area (TPSA) is 63.3 Å². The fourth-order valence-corrected chi connectivity index (χ4v) is 1.82. The lowest BCUT2D eigenvalue weighted by atomic mass is 9.94. The van der Waals surface area contributed by atoms with Gasteiger partial charge in [0.2, 0.25) is 5.91 Å². The van der Waals surface area contributed by atoms with E-state index in [4.69, 9.17) is 5.73 Å². The minimum atomic E-state index is -0.636. The molecule has 3 heteroatoms. The van der Waals surface area contributed by atoms with Crippen molar-refractivity contribution < 1.29 is 9.90 Å². The summed E-state index contributed by atoms with van der Waals surface area (Å²) in [6.45, 7) is 1.86. The van der Waals surface area contributed by atoms with Crippen LogP contribution in [0.15, 0.2) is 30.3 Å². The van der Waals surface area contributed by atoms with E-state index in [2.05, 4.69) is 0 Å². The molecule has 3 N–H and O–H groups in total. The van der Waals surface area contributed by atoms with Gasteiger partial charge in [0.05, 0.1) is 12.0 Å². The molecule has 0 heterocycles. The van der Waals surface area contributed by atoms with Gasteiger partial charge in [0, 0.05) is 0 Å². The van der Waals surface area contributed by atoms with E-state index in [1.807, 2.05) is 37.3 Å². The van der Waals surface area contributed by atoms with Crippen LogP contribution in [0.4, 0.5) is 0 Å². The van der Waals surface area contributed by atoms with Gasteiger partial charge in [-0.2, -0.15) is 0 Å². The molecule has 0 bridgehead atoms. The van der Waals surface area contributed by atoms with Crippen LogP contribution in [0.25, 0.3) is 0 Å². The minimum absolute atomic E-state index is 0.414. The first kappa shape index (κ1) is 12.7. The average molecular weight is 221 g/mol. The zero-order valence-electron chi connectivity index (χ0n) is 9.60. The molecule has 1 amide bonds. The number of hydrogen-bond donors (Lipinski definition) is 2. The van der Waals surface area contributed by atoms with Crippen LogP contribution >= 0.6 is 0 Å². The van der Waals surface area contributed by atoms with Gasteiger partial charge in [-0.05, 0) is 24.8 Å². The number of amides is 1. The molecule has 0 aliphatic carbocycles. The number of carbonyl (C=O) groups is 1. The number of nitrogens with two attached hydrogens (primary N) is 1. The van der Waals surface area contributed by atoms with Crippen LogP contribution in [0.3, 0.4) is 0 Å². The molecule has 0 aliphatic heterocycles. The molecule has 0 aromatic heterocycles. The van der Waals surface area contributed by atoms with Crippen molar-refractivity contribution >= 4 is 5.91 Å². The Kier molecular flexibility index (Phi) is 4.99. The lowest BCUT2D eigenvalue weighted by Gasteiger charge is -2.18. The third-order valence-electron chi connectivity index (χ3n) is 2.84. The minimum Gasteiger partial charge on any atom is -0.392 e. The predicted octanol–water partition coefficient (Wildman–Crippen LogP) is 1.49. The highest BCUT2D eigenvalue weighted by Crippen LogP contribution is 2.14. The molecule has 88 valence electrons. The summed E-state index contributed by atoms with van der Waals surface area (Å²) in [4.78, 5) is 11.0. The average Bonchev–Trinajstić information content (AvgIpc) is 2.28. The third kappa shape index (κ3) is 3.66. The second-order valence-electron chi connectivity index (χ2n) is 4.01. The number of hydrogen-bond acceptors (Lipinski definition) is 2. The summed E-state index contributed by atoms with van der Waals surface area (Å²) in [6.07, 6.45) is 1.30. The van der Waals surface area contributed by atoms with Crippen LogP contribution < -0.4 is 5.73 Å². The zero-order valence-corrected chi connectivity index (χ0v) is 9.60. The summed E-state index contributed by atoms with van der Waals surface area (Å²) < 4.78 is 0. The maximum atomic E-state index is 11.0.